The predicted molar refractivity (Wildman–Crippen MR) is 104 cm³/mol. The number of hydrogen-bond acceptors (Lipinski definition) is 7. The van der Waals surface area contributed by atoms with Gasteiger partial charge in [0.1, 0.15) is 0 Å². The molecule has 0 amide bonds. The van der Waals surface area contributed by atoms with Crippen molar-refractivity contribution in [3.8, 4) is 0 Å². The van der Waals surface area contributed by atoms with Crippen LogP contribution in [0.4, 0.5) is 0 Å². The predicted octanol–water partition coefficient (Wildman–Crippen LogP) is -1.21. The van der Waals surface area contributed by atoms with E-state index in [-0.39, 0.29) is 48.2 Å². The van der Waals surface area contributed by atoms with E-state index in [9.17, 15) is 0 Å². The van der Waals surface area contributed by atoms with E-state index in [4.69, 9.17) is 24.4 Å². The molecule has 0 aromatic carbocycles. The van der Waals surface area contributed by atoms with Gasteiger partial charge in [-0.3, -0.25) is 0 Å². The fraction of sp³-hybridized carbons (Fsp3) is 0.647. The first-order chi connectivity index (χ1) is 11.7. The van der Waals surface area contributed by atoms with Crippen LogP contribution in [0.2, 0.25) is 0 Å². The summed E-state index contributed by atoms with van der Waals surface area (Å²) < 4.78 is 20.1. The molecule has 26 heavy (non-hydrogen) atoms. The second-order valence-electron chi connectivity index (χ2n) is 3.84. The molecule has 0 aliphatic rings. The summed E-state index contributed by atoms with van der Waals surface area (Å²) >= 11 is 3.13. The maximum absolute atomic E-state index is 8.09. The van der Waals surface area contributed by atoms with Crippen LogP contribution >= 0.6 is 15.9 Å². The molecule has 0 atom stereocenters. The summed E-state index contributed by atoms with van der Waals surface area (Å²) in [4.78, 5) is 0. The zero-order valence-corrected chi connectivity index (χ0v) is 19.6. The summed E-state index contributed by atoms with van der Waals surface area (Å²) in [6.07, 6.45) is 5.22. The molecule has 0 radical (unpaired) electrons. The van der Waals surface area contributed by atoms with Crippen molar-refractivity contribution in [2.24, 2.45) is 0 Å². The molecule has 0 unspecified atom stereocenters. The third-order valence-corrected chi connectivity index (χ3v) is 2.25. The molecular formula is C17H34BrNaO7. The summed E-state index contributed by atoms with van der Waals surface area (Å²) in [5.41, 5.74) is 0. The molecule has 0 fully saturated rings. The molecule has 0 rings (SSSR count). The van der Waals surface area contributed by atoms with Gasteiger partial charge >= 0.3 is 29.6 Å². The Morgan fingerprint density at radius 2 is 0.962 bits per heavy atom. The van der Waals surface area contributed by atoms with Crippen LogP contribution in [-0.4, -0.2) is 87.1 Å². The normalized spacial score (nSPS) is 8.42. The van der Waals surface area contributed by atoms with Gasteiger partial charge in [-0.1, -0.05) is 34.2 Å². The van der Waals surface area contributed by atoms with Gasteiger partial charge in [0.15, 0.2) is 0 Å². The molecule has 0 heterocycles. The zero-order valence-electron chi connectivity index (χ0n) is 16.0. The van der Waals surface area contributed by atoms with E-state index < -0.39 is 0 Å². The van der Waals surface area contributed by atoms with Crippen LogP contribution in [0.1, 0.15) is 0 Å². The van der Waals surface area contributed by atoms with Crippen molar-refractivity contribution in [1.29, 1.82) is 0 Å². The van der Waals surface area contributed by atoms with Crippen LogP contribution in [0.5, 0.6) is 0 Å². The molecule has 0 bridgehead atoms. The summed E-state index contributed by atoms with van der Waals surface area (Å²) in [5, 5.41) is 17.1. The average molecular weight is 453 g/mol. The summed E-state index contributed by atoms with van der Waals surface area (Å²) in [6, 6.07) is 0. The minimum Gasteiger partial charge on any atom is -0.870 e. The molecule has 0 spiro atoms. The van der Waals surface area contributed by atoms with E-state index in [0.29, 0.717) is 52.9 Å². The van der Waals surface area contributed by atoms with Crippen LogP contribution in [0.25, 0.3) is 0 Å². The summed E-state index contributed by atoms with van der Waals surface area (Å²) in [6.45, 7) is 14.8. The van der Waals surface area contributed by atoms with Gasteiger partial charge in [0, 0.05) is 5.33 Å². The van der Waals surface area contributed by atoms with Crippen LogP contribution in [-0.2, 0) is 18.9 Å². The minimum atomic E-state index is 0. The summed E-state index contributed by atoms with van der Waals surface area (Å²) in [5.74, 6) is 0. The van der Waals surface area contributed by atoms with Gasteiger partial charge < -0.3 is 34.6 Å². The number of allylic oxidation sites excluding steroid dienone is 1. The van der Waals surface area contributed by atoms with E-state index in [1.165, 1.54) is 0 Å². The Kier molecular flexibility index (Phi) is 63.9. The second kappa shape index (κ2) is 44.7. The minimum absolute atomic E-state index is 0. The molecule has 0 aromatic heterocycles. The van der Waals surface area contributed by atoms with Gasteiger partial charge in [0.25, 0.3) is 0 Å². The summed E-state index contributed by atoms with van der Waals surface area (Å²) in [7, 11) is 0. The van der Waals surface area contributed by atoms with Gasteiger partial charge in [-0.15, -0.1) is 19.7 Å². The van der Waals surface area contributed by atoms with E-state index in [0.717, 1.165) is 5.33 Å². The van der Waals surface area contributed by atoms with Crippen molar-refractivity contribution in [3.05, 3.63) is 38.0 Å². The van der Waals surface area contributed by atoms with E-state index in [1.807, 2.05) is 0 Å². The zero-order chi connectivity index (χ0) is 18.7. The Hall–Kier alpha value is 0.420. The van der Waals surface area contributed by atoms with Crippen molar-refractivity contribution in [1.82, 2.24) is 0 Å². The molecule has 3 N–H and O–H groups in total. The van der Waals surface area contributed by atoms with Crippen LogP contribution in [0.3, 0.4) is 0 Å². The van der Waals surface area contributed by atoms with Gasteiger partial charge in [-0.05, 0) is 0 Å². The fourth-order valence-electron chi connectivity index (χ4n) is 0.902. The van der Waals surface area contributed by atoms with Crippen LogP contribution in [0, 0.1) is 0 Å². The first-order valence-electron chi connectivity index (χ1n) is 7.66. The first-order valence-corrected chi connectivity index (χ1v) is 8.78. The molecule has 0 aliphatic carbocycles. The Balaban J connectivity index is -0.0000000963. The number of ether oxygens (including phenoxy) is 4. The van der Waals surface area contributed by atoms with E-state index in [1.54, 1.807) is 18.2 Å². The van der Waals surface area contributed by atoms with Gasteiger partial charge in [-0.2, -0.15) is 0 Å². The first kappa shape index (κ1) is 37.2. The van der Waals surface area contributed by atoms with E-state index >= 15 is 0 Å². The number of rotatable bonds is 15. The largest absolute Gasteiger partial charge is 1.00 e. The SMILES string of the molecule is C=CCBr.C=CCOCCOCCOCC=C.OCCOCCO.[Na+].[OH-]. The number of alkyl halides is 1. The smallest absolute Gasteiger partial charge is 0.870 e. The topological polar surface area (TPSA) is 107 Å². The third kappa shape index (κ3) is 56.3. The van der Waals surface area contributed by atoms with Crippen molar-refractivity contribution in [2.45, 2.75) is 0 Å². The van der Waals surface area contributed by atoms with Gasteiger partial charge in [-0.25, -0.2) is 0 Å². The quantitative estimate of drug-likeness (QED) is 0.139. The maximum Gasteiger partial charge on any atom is 1.00 e. The van der Waals surface area contributed by atoms with Crippen molar-refractivity contribution in [2.75, 3.05) is 71.4 Å². The molecule has 0 aromatic rings. The van der Waals surface area contributed by atoms with E-state index in [2.05, 4.69) is 40.4 Å². The van der Waals surface area contributed by atoms with Crippen molar-refractivity contribution >= 4 is 15.9 Å². The Bertz CT molecular complexity index is 229. The number of aliphatic hydroxyl groups is 2. The molecule has 0 saturated heterocycles. The molecule has 152 valence electrons. The number of halogens is 1. The Morgan fingerprint density at radius 1 is 0.654 bits per heavy atom. The van der Waals surface area contributed by atoms with Gasteiger partial charge in [0.2, 0.25) is 0 Å². The standard InChI is InChI=1S/C10H18O3.C4H10O3.C3H5Br.Na.H2O/c1-3-5-11-7-9-13-10-8-12-6-4-2;5-1-3-7-4-2-6;1-2-3-4;;/h3-4H,1-2,5-10H2;5-6H,1-4H2;2H,1,3H2;;1H2/q;;;+1;/p-1. The number of aliphatic hydroxyl groups excluding tert-OH is 2. The molecule has 7 nitrogen and oxygen atoms in total. The van der Waals surface area contributed by atoms with Gasteiger partial charge in [0.05, 0.1) is 66.1 Å². The third-order valence-electron chi connectivity index (χ3n) is 1.80. The van der Waals surface area contributed by atoms with Crippen LogP contribution in [0.15, 0.2) is 38.0 Å². The fourth-order valence-corrected chi connectivity index (χ4v) is 0.902. The molecule has 0 saturated carbocycles. The maximum atomic E-state index is 8.09. The molecule has 0 aliphatic heterocycles. The van der Waals surface area contributed by atoms with Crippen molar-refractivity contribution in [3.63, 3.8) is 0 Å². The molecular weight excluding hydrogens is 419 g/mol. The Labute approximate surface area is 188 Å². The molecule has 9 heteroatoms. The number of hydrogen-bond donors (Lipinski definition) is 2. The average Bonchev–Trinajstić information content (AvgIpc) is 2.61. The monoisotopic (exact) mass is 452 g/mol. The van der Waals surface area contributed by atoms with Crippen molar-refractivity contribution < 1.29 is 64.2 Å². The second-order valence-corrected chi connectivity index (χ2v) is 4.49. The van der Waals surface area contributed by atoms with Crippen LogP contribution < -0.4 is 29.6 Å². The Morgan fingerprint density at radius 3 is 1.23 bits per heavy atom.